The number of H-pyrrole nitrogens is 1. The van der Waals surface area contributed by atoms with Crippen LogP contribution in [0.4, 0.5) is 0 Å². The fourth-order valence-corrected chi connectivity index (χ4v) is 2.95. The summed E-state index contributed by atoms with van der Waals surface area (Å²) in [6, 6.07) is 6.54. The summed E-state index contributed by atoms with van der Waals surface area (Å²) in [6.07, 6.45) is 0. The van der Waals surface area contributed by atoms with Crippen LogP contribution in [0, 0.1) is 12.3 Å². The molecule has 27 heavy (non-hydrogen) atoms. The summed E-state index contributed by atoms with van der Waals surface area (Å²) in [6.45, 7) is 1.70. The Balaban J connectivity index is 2.51. The number of rotatable bonds is 4. The van der Waals surface area contributed by atoms with Gasteiger partial charge >= 0.3 is 5.97 Å². The van der Waals surface area contributed by atoms with E-state index in [2.05, 4.69) is 4.98 Å². The highest BCUT2D eigenvalue weighted by Crippen LogP contribution is 2.35. The van der Waals surface area contributed by atoms with Crippen molar-refractivity contribution >= 4 is 16.9 Å². The number of pyridine rings is 1. The van der Waals surface area contributed by atoms with Crippen LogP contribution in [0.1, 0.15) is 16.1 Å². The van der Waals surface area contributed by atoms with Gasteiger partial charge in [0.15, 0.2) is 11.5 Å². The first kappa shape index (κ1) is 18.2. The molecule has 2 aromatic heterocycles. The molecule has 0 saturated carbocycles. The zero-order valence-electron chi connectivity index (χ0n) is 15.3. The van der Waals surface area contributed by atoms with Crippen molar-refractivity contribution in [3.8, 4) is 22.6 Å². The number of methoxy groups -OCH3 is 3. The van der Waals surface area contributed by atoms with Gasteiger partial charge in [-0.3, -0.25) is 10.2 Å². The van der Waals surface area contributed by atoms with Crippen molar-refractivity contribution in [1.82, 2.24) is 4.98 Å². The predicted molar refractivity (Wildman–Crippen MR) is 97.3 cm³/mol. The van der Waals surface area contributed by atoms with Crippen LogP contribution in [0.25, 0.3) is 22.1 Å². The Morgan fingerprint density at radius 3 is 2.44 bits per heavy atom. The van der Waals surface area contributed by atoms with E-state index in [1.54, 1.807) is 31.2 Å². The van der Waals surface area contributed by atoms with Crippen LogP contribution in [0.15, 0.2) is 33.5 Å². The maximum absolute atomic E-state index is 12.7. The number of carbonyl (C=O) groups is 1. The molecule has 0 atom stereocenters. The molecule has 0 radical (unpaired) electrons. The van der Waals surface area contributed by atoms with E-state index >= 15 is 0 Å². The molecule has 2 N–H and O–H groups in total. The average molecular weight is 370 g/mol. The van der Waals surface area contributed by atoms with Gasteiger partial charge in [-0.25, -0.2) is 4.79 Å². The van der Waals surface area contributed by atoms with E-state index in [0.29, 0.717) is 22.8 Å². The molecule has 0 aliphatic carbocycles. The lowest BCUT2D eigenvalue weighted by Crippen LogP contribution is -2.21. The molecule has 3 rings (SSSR count). The lowest BCUT2D eigenvalue weighted by Gasteiger charge is -2.14. The Morgan fingerprint density at radius 1 is 1.11 bits per heavy atom. The number of aryl methyl sites for hydroxylation is 1. The van der Waals surface area contributed by atoms with Gasteiger partial charge in [0.25, 0.3) is 5.56 Å². The SMILES string of the molecule is COC(=O)c1c(-c2ccc(OC)c(OC)c2)c2c(=O)[nH]c(C)cc2oc1=N. The molecule has 3 aromatic rings. The number of esters is 1. The van der Waals surface area contributed by atoms with E-state index in [9.17, 15) is 9.59 Å². The number of aromatic amines is 1. The van der Waals surface area contributed by atoms with Crippen molar-refractivity contribution in [3.05, 3.63) is 51.4 Å². The lowest BCUT2D eigenvalue weighted by atomic mass is 9.97. The zero-order valence-corrected chi connectivity index (χ0v) is 15.3. The largest absolute Gasteiger partial charge is 0.493 e. The maximum Gasteiger partial charge on any atom is 0.344 e. The molecule has 8 nitrogen and oxygen atoms in total. The van der Waals surface area contributed by atoms with Gasteiger partial charge in [-0.15, -0.1) is 0 Å². The smallest absolute Gasteiger partial charge is 0.344 e. The van der Waals surface area contributed by atoms with E-state index in [1.165, 1.54) is 21.3 Å². The summed E-state index contributed by atoms with van der Waals surface area (Å²) in [7, 11) is 4.18. The van der Waals surface area contributed by atoms with Crippen LogP contribution < -0.4 is 20.6 Å². The summed E-state index contributed by atoms with van der Waals surface area (Å²) in [5, 5.41) is 8.30. The number of aromatic nitrogens is 1. The third kappa shape index (κ3) is 3.05. The first-order valence-corrected chi connectivity index (χ1v) is 7.97. The molecular formula is C19H18N2O6. The van der Waals surface area contributed by atoms with Gasteiger partial charge in [-0.05, 0) is 24.6 Å². The van der Waals surface area contributed by atoms with Crippen molar-refractivity contribution < 1.29 is 23.4 Å². The van der Waals surface area contributed by atoms with Crippen LogP contribution in [0.5, 0.6) is 11.5 Å². The average Bonchev–Trinajstić information content (AvgIpc) is 2.65. The van der Waals surface area contributed by atoms with Gasteiger partial charge in [0, 0.05) is 17.3 Å². The van der Waals surface area contributed by atoms with Crippen LogP contribution >= 0.6 is 0 Å². The molecule has 0 unspecified atom stereocenters. The van der Waals surface area contributed by atoms with E-state index in [1.807, 2.05) is 0 Å². The molecule has 140 valence electrons. The molecule has 1 aromatic carbocycles. The molecule has 0 spiro atoms. The summed E-state index contributed by atoms with van der Waals surface area (Å²) in [4.78, 5) is 27.7. The van der Waals surface area contributed by atoms with Gasteiger partial charge < -0.3 is 23.6 Å². The minimum Gasteiger partial charge on any atom is -0.493 e. The number of hydrogen-bond acceptors (Lipinski definition) is 7. The second-order valence-corrected chi connectivity index (χ2v) is 5.76. The Kier molecular flexibility index (Phi) is 4.72. The standard InChI is InChI=1S/C19H18N2O6/c1-9-7-13-15(18(22)21-9)14(16(17(20)27-13)19(23)26-4)10-5-6-11(24-2)12(8-10)25-3/h5-8,20H,1-4H3,(H,21,22). The number of carbonyl (C=O) groups excluding carboxylic acids is 1. The fraction of sp³-hybridized carbons (Fsp3) is 0.211. The number of hydrogen-bond donors (Lipinski definition) is 2. The Hall–Kier alpha value is -3.55. The molecule has 0 aliphatic heterocycles. The fourth-order valence-electron chi connectivity index (χ4n) is 2.95. The van der Waals surface area contributed by atoms with Crippen molar-refractivity contribution in [2.75, 3.05) is 21.3 Å². The Bertz CT molecular complexity index is 1160. The van der Waals surface area contributed by atoms with Gasteiger partial charge in [0.1, 0.15) is 11.1 Å². The van der Waals surface area contributed by atoms with Crippen molar-refractivity contribution in [2.45, 2.75) is 6.92 Å². The van der Waals surface area contributed by atoms with Gasteiger partial charge in [0.05, 0.1) is 26.7 Å². The summed E-state index contributed by atoms with van der Waals surface area (Å²) in [5.41, 5.74) is 0.491. The normalized spacial score (nSPS) is 10.7. The van der Waals surface area contributed by atoms with Crippen LogP contribution in [-0.2, 0) is 4.74 Å². The van der Waals surface area contributed by atoms with Crippen molar-refractivity contribution in [2.24, 2.45) is 0 Å². The monoisotopic (exact) mass is 370 g/mol. The van der Waals surface area contributed by atoms with Crippen LogP contribution in [0.3, 0.4) is 0 Å². The second kappa shape index (κ2) is 6.99. The van der Waals surface area contributed by atoms with Crippen LogP contribution in [0.2, 0.25) is 0 Å². The molecular weight excluding hydrogens is 352 g/mol. The van der Waals surface area contributed by atoms with E-state index in [0.717, 1.165) is 0 Å². The molecule has 0 saturated heterocycles. The van der Waals surface area contributed by atoms with Gasteiger partial charge in [0.2, 0.25) is 5.55 Å². The molecule has 0 bridgehead atoms. The highest BCUT2D eigenvalue weighted by atomic mass is 16.5. The zero-order chi connectivity index (χ0) is 19.7. The summed E-state index contributed by atoms with van der Waals surface area (Å²) < 4.78 is 20.8. The third-order valence-electron chi connectivity index (χ3n) is 4.13. The molecule has 8 heteroatoms. The first-order valence-electron chi connectivity index (χ1n) is 7.97. The second-order valence-electron chi connectivity index (χ2n) is 5.76. The van der Waals surface area contributed by atoms with E-state index < -0.39 is 17.1 Å². The van der Waals surface area contributed by atoms with E-state index in [4.69, 9.17) is 24.0 Å². The molecule has 0 amide bonds. The van der Waals surface area contributed by atoms with E-state index in [-0.39, 0.29) is 22.1 Å². The molecule has 0 aliphatic rings. The first-order chi connectivity index (χ1) is 12.9. The number of ether oxygens (including phenoxy) is 3. The third-order valence-corrected chi connectivity index (χ3v) is 4.13. The van der Waals surface area contributed by atoms with Gasteiger partial charge in [-0.2, -0.15) is 0 Å². The lowest BCUT2D eigenvalue weighted by molar-refractivity contribution is 0.0596. The van der Waals surface area contributed by atoms with Crippen molar-refractivity contribution in [3.63, 3.8) is 0 Å². The van der Waals surface area contributed by atoms with Gasteiger partial charge in [-0.1, -0.05) is 6.07 Å². The predicted octanol–water partition coefficient (Wildman–Crippen LogP) is 2.38. The number of nitrogens with one attached hydrogen (secondary N) is 2. The molecule has 2 heterocycles. The topological polar surface area (TPSA) is 115 Å². The highest BCUT2D eigenvalue weighted by Gasteiger charge is 2.24. The summed E-state index contributed by atoms with van der Waals surface area (Å²) in [5.74, 6) is 0.117. The van der Waals surface area contributed by atoms with Crippen molar-refractivity contribution in [1.29, 1.82) is 5.41 Å². The summed E-state index contributed by atoms with van der Waals surface area (Å²) >= 11 is 0. The van der Waals surface area contributed by atoms with Crippen LogP contribution in [-0.4, -0.2) is 32.3 Å². The Morgan fingerprint density at radius 2 is 1.81 bits per heavy atom. The minimum atomic E-state index is -0.782. The Labute approximate surface area is 153 Å². The number of benzene rings is 1. The highest BCUT2D eigenvalue weighted by molar-refractivity contribution is 6.05. The number of fused-ring (bicyclic) bond motifs is 1. The minimum absolute atomic E-state index is 0.143. The maximum atomic E-state index is 12.7. The quantitative estimate of drug-likeness (QED) is 0.682. The molecule has 0 fully saturated rings.